The Morgan fingerprint density at radius 1 is 1.19 bits per heavy atom. The Bertz CT molecular complexity index is 1160. The van der Waals surface area contributed by atoms with Crippen molar-refractivity contribution in [3.63, 3.8) is 0 Å². The van der Waals surface area contributed by atoms with Gasteiger partial charge in [-0.15, -0.1) is 22.7 Å². The molecule has 0 atom stereocenters. The van der Waals surface area contributed by atoms with Crippen LogP contribution in [0.1, 0.15) is 76.2 Å². The summed E-state index contributed by atoms with van der Waals surface area (Å²) in [6, 6.07) is 3.92. The van der Waals surface area contributed by atoms with E-state index in [9.17, 15) is 9.59 Å². The highest BCUT2D eigenvalue weighted by atomic mass is 32.1. The standard InChI is InChI=1S/C24H29N3O3S2/c1-4-30-24(29)18-15-8-6-5-7-9-17(15)31-23(18)27-21(28)20-19(25)16-11-10-14(12-13(2)3)26-22(16)32-20/h10-11,13H,4-9,12,25H2,1-3H3,(H,27,28). The summed E-state index contributed by atoms with van der Waals surface area (Å²) in [5.74, 6) is -0.181. The van der Waals surface area contributed by atoms with Crippen LogP contribution in [0.4, 0.5) is 10.7 Å². The van der Waals surface area contributed by atoms with Gasteiger partial charge >= 0.3 is 5.97 Å². The first kappa shape index (κ1) is 22.7. The van der Waals surface area contributed by atoms with Gasteiger partial charge < -0.3 is 15.8 Å². The van der Waals surface area contributed by atoms with Crippen LogP contribution in [0.3, 0.4) is 0 Å². The van der Waals surface area contributed by atoms with E-state index in [2.05, 4.69) is 19.2 Å². The lowest BCUT2D eigenvalue weighted by atomic mass is 10.1. The van der Waals surface area contributed by atoms with Gasteiger partial charge in [0, 0.05) is 16.0 Å². The normalized spacial score (nSPS) is 13.8. The van der Waals surface area contributed by atoms with E-state index in [1.165, 1.54) is 27.6 Å². The second-order valence-corrected chi connectivity index (χ2v) is 10.6. The Labute approximate surface area is 196 Å². The molecular weight excluding hydrogens is 442 g/mol. The first-order chi connectivity index (χ1) is 15.4. The fraction of sp³-hybridized carbons (Fsp3) is 0.458. The lowest BCUT2D eigenvalue weighted by molar-refractivity contribution is 0.0527. The maximum Gasteiger partial charge on any atom is 0.341 e. The summed E-state index contributed by atoms with van der Waals surface area (Å²) in [6.45, 7) is 6.39. The second kappa shape index (κ2) is 9.58. The molecule has 1 aliphatic rings. The summed E-state index contributed by atoms with van der Waals surface area (Å²) in [6.07, 6.45) is 5.92. The number of fused-ring (bicyclic) bond motifs is 2. The SMILES string of the molecule is CCOC(=O)c1c(NC(=O)c2sc3nc(CC(C)C)ccc3c2N)sc2c1CCCCC2. The van der Waals surface area contributed by atoms with Crippen molar-refractivity contribution in [2.45, 2.75) is 59.3 Å². The number of nitrogen functional groups attached to an aromatic ring is 1. The van der Waals surface area contributed by atoms with Gasteiger partial charge in [-0.1, -0.05) is 20.3 Å². The maximum absolute atomic E-state index is 13.2. The topological polar surface area (TPSA) is 94.3 Å². The molecule has 0 saturated heterocycles. The molecule has 3 N–H and O–H groups in total. The van der Waals surface area contributed by atoms with Gasteiger partial charge in [0.1, 0.15) is 14.7 Å². The number of hydrogen-bond donors (Lipinski definition) is 2. The molecule has 0 bridgehead atoms. The zero-order chi connectivity index (χ0) is 22.8. The van der Waals surface area contributed by atoms with Gasteiger partial charge in [0.2, 0.25) is 0 Å². The van der Waals surface area contributed by atoms with Crippen LogP contribution in [-0.2, 0) is 24.0 Å². The Kier molecular flexibility index (Phi) is 6.81. The number of nitrogens with two attached hydrogens (primary N) is 1. The summed E-state index contributed by atoms with van der Waals surface area (Å²) in [4.78, 5) is 33.1. The number of esters is 1. The van der Waals surface area contributed by atoms with Crippen molar-refractivity contribution in [2.24, 2.45) is 5.92 Å². The Morgan fingerprint density at radius 3 is 2.72 bits per heavy atom. The summed E-state index contributed by atoms with van der Waals surface area (Å²) < 4.78 is 5.32. The molecule has 3 heterocycles. The smallest absolute Gasteiger partial charge is 0.341 e. The molecule has 0 fully saturated rings. The molecule has 0 radical (unpaired) electrons. The van der Waals surface area contributed by atoms with Crippen molar-refractivity contribution in [1.82, 2.24) is 4.98 Å². The molecule has 1 aliphatic carbocycles. The summed E-state index contributed by atoms with van der Waals surface area (Å²) in [7, 11) is 0. The van der Waals surface area contributed by atoms with Crippen LogP contribution in [-0.4, -0.2) is 23.5 Å². The number of carbonyl (C=O) groups excluding carboxylic acids is 2. The number of anilines is 2. The minimum absolute atomic E-state index is 0.296. The summed E-state index contributed by atoms with van der Waals surface area (Å²) >= 11 is 2.79. The van der Waals surface area contributed by atoms with Crippen molar-refractivity contribution in [3.05, 3.63) is 38.7 Å². The van der Waals surface area contributed by atoms with Crippen LogP contribution in [0, 0.1) is 5.92 Å². The fourth-order valence-corrected chi connectivity index (χ4v) is 6.43. The highest BCUT2D eigenvalue weighted by Gasteiger charge is 2.28. The Morgan fingerprint density at radius 2 is 1.97 bits per heavy atom. The number of pyridine rings is 1. The van der Waals surface area contributed by atoms with Crippen molar-refractivity contribution < 1.29 is 14.3 Å². The molecule has 170 valence electrons. The number of amides is 1. The van der Waals surface area contributed by atoms with Crippen LogP contribution < -0.4 is 11.1 Å². The quantitative estimate of drug-likeness (QED) is 0.348. The van der Waals surface area contributed by atoms with E-state index in [0.717, 1.165) is 60.0 Å². The monoisotopic (exact) mass is 471 g/mol. The van der Waals surface area contributed by atoms with E-state index in [1.807, 2.05) is 12.1 Å². The highest BCUT2D eigenvalue weighted by Crippen LogP contribution is 2.39. The van der Waals surface area contributed by atoms with Crippen LogP contribution in [0.25, 0.3) is 10.2 Å². The Hall–Kier alpha value is -2.45. The zero-order valence-corrected chi connectivity index (χ0v) is 20.4. The van der Waals surface area contributed by atoms with Gasteiger partial charge in [-0.05, 0) is 62.6 Å². The molecule has 3 aromatic rings. The van der Waals surface area contributed by atoms with Gasteiger partial charge in [0.25, 0.3) is 5.91 Å². The van der Waals surface area contributed by atoms with Crippen LogP contribution in [0.2, 0.25) is 0 Å². The summed E-state index contributed by atoms with van der Waals surface area (Å²) in [5, 5.41) is 4.33. The molecule has 0 unspecified atom stereocenters. The number of aryl methyl sites for hydroxylation is 1. The van der Waals surface area contributed by atoms with Crippen LogP contribution in [0.15, 0.2) is 12.1 Å². The number of hydrogen-bond acceptors (Lipinski definition) is 7. The number of carbonyl (C=O) groups is 2. The fourth-order valence-electron chi connectivity index (χ4n) is 4.15. The predicted octanol–water partition coefficient (Wildman–Crippen LogP) is 5.84. The molecule has 1 amide bonds. The largest absolute Gasteiger partial charge is 0.462 e. The summed E-state index contributed by atoms with van der Waals surface area (Å²) in [5.41, 5.74) is 9.30. The molecule has 6 nitrogen and oxygen atoms in total. The van der Waals surface area contributed by atoms with Crippen LogP contribution >= 0.6 is 22.7 Å². The number of nitrogens with zero attached hydrogens (tertiary/aromatic N) is 1. The number of rotatable bonds is 6. The lowest BCUT2D eigenvalue weighted by Crippen LogP contribution is -2.15. The third-order valence-corrected chi connectivity index (χ3v) is 7.92. The molecule has 0 aromatic carbocycles. The maximum atomic E-state index is 13.2. The minimum Gasteiger partial charge on any atom is -0.462 e. The van der Waals surface area contributed by atoms with E-state index >= 15 is 0 Å². The van der Waals surface area contributed by atoms with Crippen molar-refractivity contribution >= 4 is 55.5 Å². The van der Waals surface area contributed by atoms with Crippen molar-refractivity contribution in [3.8, 4) is 0 Å². The molecule has 8 heteroatoms. The third-order valence-electron chi connectivity index (χ3n) is 5.60. The molecule has 0 aliphatic heterocycles. The first-order valence-electron chi connectivity index (χ1n) is 11.2. The van der Waals surface area contributed by atoms with Crippen LogP contribution in [0.5, 0.6) is 0 Å². The molecule has 4 rings (SSSR count). The third kappa shape index (κ3) is 4.52. The van der Waals surface area contributed by atoms with E-state index in [-0.39, 0.29) is 11.9 Å². The van der Waals surface area contributed by atoms with Crippen molar-refractivity contribution in [2.75, 3.05) is 17.7 Å². The molecule has 3 aromatic heterocycles. The number of thiophene rings is 2. The second-order valence-electron chi connectivity index (χ2n) is 8.54. The highest BCUT2D eigenvalue weighted by molar-refractivity contribution is 7.21. The zero-order valence-electron chi connectivity index (χ0n) is 18.7. The van der Waals surface area contributed by atoms with Gasteiger partial charge in [-0.3, -0.25) is 4.79 Å². The molecule has 0 saturated carbocycles. The Balaban J connectivity index is 1.67. The van der Waals surface area contributed by atoms with Crippen molar-refractivity contribution in [1.29, 1.82) is 0 Å². The van der Waals surface area contributed by atoms with Gasteiger partial charge in [-0.25, -0.2) is 9.78 Å². The average Bonchev–Trinajstić information content (AvgIpc) is 3.15. The first-order valence-corrected chi connectivity index (χ1v) is 12.8. The number of ether oxygens (including phenoxy) is 1. The average molecular weight is 472 g/mol. The molecule has 0 spiro atoms. The van der Waals surface area contributed by atoms with Gasteiger partial charge in [-0.2, -0.15) is 0 Å². The number of nitrogens with one attached hydrogen (secondary N) is 1. The van der Waals surface area contributed by atoms with Gasteiger partial charge in [0.05, 0.1) is 17.9 Å². The van der Waals surface area contributed by atoms with E-state index in [0.29, 0.717) is 33.7 Å². The van der Waals surface area contributed by atoms with Gasteiger partial charge in [0.15, 0.2) is 0 Å². The lowest BCUT2D eigenvalue weighted by Gasteiger charge is -2.08. The molecular formula is C24H29N3O3S2. The number of aromatic nitrogens is 1. The van der Waals surface area contributed by atoms with E-state index < -0.39 is 0 Å². The van der Waals surface area contributed by atoms with E-state index in [4.69, 9.17) is 15.5 Å². The minimum atomic E-state index is -0.369. The predicted molar refractivity (Wildman–Crippen MR) is 132 cm³/mol. The molecule has 32 heavy (non-hydrogen) atoms. The van der Waals surface area contributed by atoms with E-state index in [1.54, 1.807) is 6.92 Å².